The van der Waals surface area contributed by atoms with E-state index in [4.69, 9.17) is 4.74 Å². The van der Waals surface area contributed by atoms with E-state index in [1.165, 1.54) is 0 Å². The molecule has 1 aromatic carbocycles. The summed E-state index contributed by atoms with van der Waals surface area (Å²) in [5.74, 6) is -0.0280. The summed E-state index contributed by atoms with van der Waals surface area (Å²) in [5.41, 5.74) is 0.926. The van der Waals surface area contributed by atoms with Crippen molar-refractivity contribution >= 4 is 12.0 Å². The lowest BCUT2D eigenvalue weighted by Gasteiger charge is -2.24. The number of aliphatic hydroxyl groups excluding tert-OH is 1. The Bertz CT molecular complexity index is 499. The minimum Gasteiger partial charge on any atom is -0.445 e. The van der Waals surface area contributed by atoms with E-state index >= 15 is 0 Å². The molecular formula is C17H24N2O4. The topological polar surface area (TPSA) is 87.7 Å². The van der Waals surface area contributed by atoms with Gasteiger partial charge in [-0.1, -0.05) is 30.3 Å². The number of carbonyl (C=O) groups excluding carboxylic acids is 2. The van der Waals surface area contributed by atoms with Crippen LogP contribution in [0, 0.1) is 5.92 Å². The highest BCUT2D eigenvalue weighted by Gasteiger charge is 2.24. The van der Waals surface area contributed by atoms with E-state index in [0.717, 1.165) is 18.4 Å². The van der Waals surface area contributed by atoms with Crippen molar-refractivity contribution in [3.05, 3.63) is 35.9 Å². The average molecular weight is 320 g/mol. The van der Waals surface area contributed by atoms with Crippen LogP contribution in [-0.4, -0.2) is 36.3 Å². The summed E-state index contributed by atoms with van der Waals surface area (Å²) in [6.07, 6.45) is 2.05. The number of hydrogen-bond acceptors (Lipinski definition) is 4. The van der Waals surface area contributed by atoms with Gasteiger partial charge in [0.25, 0.3) is 0 Å². The normalized spacial score (nSPS) is 20.6. The standard InChI is InChI=1S/C17H24N2O4/c20-15-8-6-14(7-9-15)16(21)18-10-11-19-17(22)23-12-13-4-2-1-3-5-13/h1-5,14-15,20H,6-12H2,(H,18,21)(H,19,22)/t14-,15-. The fourth-order valence-electron chi connectivity index (χ4n) is 2.61. The molecule has 0 bridgehead atoms. The predicted molar refractivity (Wildman–Crippen MR) is 85.6 cm³/mol. The summed E-state index contributed by atoms with van der Waals surface area (Å²) in [6, 6.07) is 9.44. The Kier molecular flexibility index (Phi) is 6.87. The van der Waals surface area contributed by atoms with Crippen LogP contribution in [0.1, 0.15) is 31.2 Å². The number of aliphatic hydroxyl groups is 1. The second-order valence-electron chi connectivity index (χ2n) is 5.78. The summed E-state index contributed by atoms with van der Waals surface area (Å²) in [6.45, 7) is 0.927. The third-order valence-corrected chi connectivity index (χ3v) is 3.97. The van der Waals surface area contributed by atoms with Crippen LogP contribution in [0.25, 0.3) is 0 Å². The third kappa shape index (κ3) is 6.28. The second kappa shape index (κ2) is 9.15. The van der Waals surface area contributed by atoms with E-state index in [1.807, 2.05) is 30.3 Å². The highest BCUT2D eigenvalue weighted by atomic mass is 16.5. The van der Waals surface area contributed by atoms with Gasteiger partial charge in [-0.15, -0.1) is 0 Å². The predicted octanol–water partition coefficient (Wildman–Crippen LogP) is 1.58. The molecule has 2 rings (SSSR count). The van der Waals surface area contributed by atoms with Crippen molar-refractivity contribution in [2.45, 2.75) is 38.4 Å². The number of amides is 2. The first-order valence-electron chi connectivity index (χ1n) is 8.05. The van der Waals surface area contributed by atoms with Crippen LogP contribution in [0.3, 0.4) is 0 Å². The van der Waals surface area contributed by atoms with E-state index in [2.05, 4.69) is 10.6 Å². The smallest absolute Gasteiger partial charge is 0.407 e. The highest BCUT2D eigenvalue weighted by molar-refractivity contribution is 5.78. The van der Waals surface area contributed by atoms with Crippen molar-refractivity contribution in [1.82, 2.24) is 10.6 Å². The van der Waals surface area contributed by atoms with Crippen molar-refractivity contribution in [2.24, 2.45) is 5.92 Å². The van der Waals surface area contributed by atoms with Gasteiger partial charge < -0.3 is 20.5 Å². The van der Waals surface area contributed by atoms with Crippen LogP contribution >= 0.6 is 0 Å². The van der Waals surface area contributed by atoms with Gasteiger partial charge in [0.2, 0.25) is 5.91 Å². The van der Waals surface area contributed by atoms with Gasteiger partial charge in [-0.2, -0.15) is 0 Å². The van der Waals surface area contributed by atoms with Crippen molar-refractivity contribution in [2.75, 3.05) is 13.1 Å². The van der Waals surface area contributed by atoms with Crippen LogP contribution < -0.4 is 10.6 Å². The number of carbonyl (C=O) groups is 2. The van der Waals surface area contributed by atoms with E-state index < -0.39 is 6.09 Å². The Morgan fingerprint density at radius 3 is 2.39 bits per heavy atom. The zero-order valence-corrected chi connectivity index (χ0v) is 13.2. The fraction of sp³-hybridized carbons (Fsp3) is 0.529. The molecule has 0 aliphatic heterocycles. The SMILES string of the molecule is O=C(NCCNC(=O)[C@H]1CC[C@H](O)CC1)OCc1ccccc1. The quantitative estimate of drug-likeness (QED) is 0.695. The molecule has 1 fully saturated rings. The van der Waals surface area contributed by atoms with Gasteiger partial charge in [0.1, 0.15) is 6.61 Å². The average Bonchev–Trinajstić information content (AvgIpc) is 2.58. The van der Waals surface area contributed by atoms with Crippen LogP contribution in [0.2, 0.25) is 0 Å². The van der Waals surface area contributed by atoms with E-state index in [9.17, 15) is 14.7 Å². The molecule has 1 aliphatic carbocycles. The lowest BCUT2D eigenvalue weighted by molar-refractivity contribution is -0.126. The molecule has 3 N–H and O–H groups in total. The monoisotopic (exact) mass is 320 g/mol. The van der Waals surface area contributed by atoms with Gasteiger partial charge in [0, 0.05) is 19.0 Å². The number of ether oxygens (including phenoxy) is 1. The molecular weight excluding hydrogens is 296 g/mol. The molecule has 0 saturated heterocycles. The summed E-state index contributed by atoms with van der Waals surface area (Å²) in [4.78, 5) is 23.4. The lowest BCUT2D eigenvalue weighted by Crippen LogP contribution is -2.39. The third-order valence-electron chi connectivity index (χ3n) is 3.97. The zero-order valence-electron chi connectivity index (χ0n) is 13.2. The first kappa shape index (κ1) is 17.3. The number of hydrogen-bond donors (Lipinski definition) is 3. The Labute approximate surface area is 136 Å². The van der Waals surface area contributed by atoms with Crippen molar-refractivity contribution in [3.8, 4) is 0 Å². The molecule has 6 heteroatoms. The van der Waals surface area contributed by atoms with Crippen LogP contribution in [0.5, 0.6) is 0 Å². The number of rotatable bonds is 6. The van der Waals surface area contributed by atoms with Crippen molar-refractivity contribution in [3.63, 3.8) is 0 Å². The Balaban J connectivity index is 1.54. The molecule has 0 unspecified atom stereocenters. The maximum Gasteiger partial charge on any atom is 0.407 e. The molecule has 1 aliphatic rings. The van der Waals surface area contributed by atoms with E-state index in [1.54, 1.807) is 0 Å². The fourth-order valence-corrected chi connectivity index (χ4v) is 2.61. The summed E-state index contributed by atoms with van der Waals surface area (Å²) in [7, 11) is 0. The zero-order chi connectivity index (χ0) is 16.5. The van der Waals surface area contributed by atoms with Gasteiger partial charge in [-0.3, -0.25) is 4.79 Å². The minimum absolute atomic E-state index is 0.00338. The summed E-state index contributed by atoms with van der Waals surface area (Å²) in [5, 5.41) is 14.8. The number of nitrogens with one attached hydrogen (secondary N) is 2. The summed E-state index contributed by atoms with van der Waals surface area (Å²) >= 11 is 0. The first-order valence-corrected chi connectivity index (χ1v) is 8.05. The van der Waals surface area contributed by atoms with Gasteiger partial charge >= 0.3 is 6.09 Å². The van der Waals surface area contributed by atoms with Crippen LogP contribution in [-0.2, 0) is 16.1 Å². The Morgan fingerprint density at radius 2 is 1.70 bits per heavy atom. The van der Waals surface area contributed by atoms with Crippen molar-refractivity contribution < 1.29 is 19.4 Å². The molecule has 0 aromatic heterocycles. The maximum atomic E-state index is 11.9. The largest absolute Gasteiger partial charge is 0.445 e. The Morgan fingerprint density at radius 1 is 1.04 bits per heavy atom. The molecule has 6 nitrogen and oxygen atoms in total. The molecule has 23 heavy (non-hydrogen) atoms. The molecule has 0 heterocycles. The van der Waals surface area contributed by atoms with Gasteiger partial charge in [-0.05, 0) is 31.2 Å². The lowest BCUT2D eigenvalue weighted by atomic mass is 9.87. The van der Waals surface area contributed by atoms with Gasteiger partial charge in [-0.25, -0.2) is 4.79 Å². The molecule has 0 spiro atoms. The molecule has 1 aromatic rings. The highest BCUT2D eigenvalue weighted by Crippen LogP contribution is 2.23. The van der Waals surface area contributed by atoms with Gasteiger partial charge in [0.05, 0.1) is 6.10 Å². The Hall–Kier alpha value is -2.08. The number of alkyl carbamates (subject to hydrolysis) is 1. The van der Waals surface area contributed by atoms with Crippen LogP contribution in [0.4, 0.5) is 4.79 Å². The molecule has 126 valence electrons. The van der Waals surface area contributed by atoms with Gasteiger partial charge in [0.15, 0.2) is 0 Å². The maximum absolute atomic E-state index is 11.9. The summed E-state index contributed by atoms with van der Waals surface area (Å²) < 4.78 is 5.07. The van der Waals surface area contributed by atoms with E-state index in [0.29, 0.717) is 25.9 Å². The van der Waals surface area contributed by atoms with E-state index in [-0.39, 0.29) is 24.5 Å². The van der Waals surface area contributed by atoms with Crippen molar-refractivity contribution in [1.29, 1.82) is 0 Å². The molecule has 2 amide bonds. The molecule has 0 radical (unpaired) electrons. The first-order chi connectivity index (χ1) is 11.1. The molecule has 0 atom stereocenters. The minimum atomic E-state index is -0.496. The number of benzene rings is 1. The molecule has 1 saturated carbocycles. The second-order valence-corrected chi connectivity index (χ2v) is 5.78. The van der Waals surface area contributed by atoms with Crippen LogP contribution in [0.15, 0.2) is 30.3 Å².